The highest BCUT2D eigenvalue weighted by Crippen LogP contribution is 2.50. The smallest absolute Gasteiger partial charge is 0.294 e. The van der Waals surface area contributed by atoms with Crippen molar-refractivity contribution >= 4 is 91.1 Å². The molecule has 1 fully saturated rings. The average Bonchev–Trinajstić information content (AvgIpc) is 3.79. The second kappa shape index (κ2) is 21.8. The molecule has 2 amide bonds. The van der Waals surface area contributed by atoms with Crippen molar-refractivity contribution in [2.45, 2.75) is 106 Å². The summed E-state index contributed by atoms with van der Waals surface area (Å²) in [6.45, 7) is 6.12. The SMILES string of the molecule is CC1(C)C(CCC2=C/C(=C/C=C3/N(CCCS(=O)(=O)O)c4ccc(S(=O)(=O)O)cc4C3(C)C)CC(C(=O)NCCC3C(=O)CCC3=O)(C(=O)NCCS(=O)(=O)O)C2)=[N+](CCCS(=O)(=O)O)c2ccc(S(=O)(=O)O)cc21. The van der Waals surface area contributed by atoms with Gasteiger partial charge in [0.2, 0.25) is 17.5 Å². The van der Waals surface area contributed by atoms with Crippen LogP contribution in [0.3, 0.4) is 0 Å². The van der Waals surface area contributed by atoms with Crippen LogP contribution in [-0.2, 0) is 80.6 Å². The summed E-state index contributed by atoms with van der Waals surface area (Å²) < 4.78 is 170. The monoisotopic (exact) mass is 1150 g/mol. The molecule has 1 atom stereocenters. The van der Waals surface area contributed by atoms with E-state index in [-0.39, 0.29) is 89.0 Å². The van der Waals surface area contributed by atoms with E-state index in [0.717, 1.165) is 6.07 Å². The highest BCUT2D eigenvalue weighted by Gasteiger charge is 2.50. The van der Waals surface area contributed by atoms with E-state index in [2.05, 4.69) is 10.6 Å². The van der Waals surface area contributed by atoms with Gasteiger partial charge >= 0.3 is 0 Å². The molecule has 75 heavy (non-hydrogen) atoms. The van der Waals surface area contributed by atoms with E-state index in [9.17, 15) is 84.0 Å². The van der Waals surface area contributed by atoms with Crippen LogP contribution in [0.5, 0.6) is 0 Å². The lowest BCUT2D eigenvalue weighted by molar-refractivity contribution is -0.439. The Hall–Kier alpha value is -5.04. The van der Waals surface area contributed by atoms with E-state index in [0.29, 0.717) is 45.1 Å². The molecule has 1 unspecified atom stereocenters. The van der Waals surface area contributed by atoms with Gasteiger partial charge in [0.1, 0.15) is 23.5 Å². The summed E-state index contributed by atoms with van der Waals surface area (Å²) >= 11 is 0. The third-order valence-electron chi connectivity index (χ3n) is 14.2. The maximum Gasteiger partial charge on any atom is 0.294 e. The molecular formula is C47H61N4O19S5+. The summed E-state index contributed by atoms with van der Waals surface area (Å²) in [7, 11) is -22.9. The Labute approximate surface area is 436 Å². The lowest BCUT2D eigenvalue weighted by Gasteiger charge is -2.36. The molecule has 0 saturated heterocycles. The maximum atomic E-state index is 14.8. The molecule has 7 N–H and O–H groups in total. The minimum Gasteiger partial charge on any atom is -0.355 e. The molecule has 28 heteroatoms. The second-order valence-electron chi connectivity index (χ2n) is 20.2. The van der Waals surface area contributed by atoms with Crippen LogP contribution < -0.4 is 15.5 Å². The molecular weight excluding hydrogens is 1080 g/mol. The first kappa shape index (κ1) is 59.2. The fourth-order valence-corrected chi connectivity index (χ4v) is 12.9. The van der Waals surface area contributed by atoms with Crippen molar-refractivity contribution in [1.82, 2.24) is 10.6 Å². The standard InChI is InChI=1S/C47H60N4O19S5/c1-45(2)35-26-32(74(65,66)67)9-11-37(35)50(20-5-22-71(56,57)58)41(45)15-7-30-25-31(8-16-42-46(3,4)36-27-33(75(68,69)70)10-12-38(36)51(42)21-6-23-72(59,60)61)29-47(28-30,44(55)49-19-24-73(62,63)64)43(54)48-18-17-34-39(52)13-14-40(34)53/h7,9-12,15,25-27,34H,5-6,8,13-14,16-24,28-29H2,1-4H3,(H6-,48,49,54,55,56,57,58,59,60,61,62,63,64,65,66,67,68,69,70)/p+1/b30-7-,41-15+. The first-order chi connectivity index (χ1) is 34.4. The first-order valence-corrected chi connectivity index (χ1v) is 31.4. The topological polar surface area (TPSA) is 370 Å². The van der Waals surface area contributed by atoms with Gasteiger partial charge < -0.3 is 15.5 Å². The fourth-order valence-electron chi connectivity index (χ4n) is 10.5. The van der Waals surface area contributed by atoms with Gasteiger partial charge in [-0.05, 0) is 93.5 Å². The number of ketones is 2. The minimum absolute atomic E-state index is 0.00764. The highest BCUT2D eigenvalue weighted by atomic mass is 32.2. The molecule has 2 aromatic rings. The number of Topliss-reactive ketones (excluding diaryl/α,β-unsaturated/α-hetero) is 2. The number of carbonyl (C=O) groups is 4. The fraction of sp³-hybridized carbons (Fsp3) is 0.511. The summed E-state index contributed by atoms with van der Waals surface area (Å²) in [6, 6.07) is 7.77. The number of hydrogen-bond donors (Lipinski definition) is 7. The summed E-state index contributed by atoms with van der Waals surface area (Å²) in [5, 5.41) is 5.18. The molecule has 23 nitrogen and oxygen atoms in total. The number of benzene rings is 2. The second-order valence-corrected chi connectivity index (χ2v) is 27.7. The van der Waals surface area contributed by atoms with Crippen LogP contribution in [0.2, 0.25) is 0 Å². The Kier molecular flexibility index (Phi) is 17.2. The number of carbonyl (C=O) groups excluding carboxylic acids is 4. The van der Waals surface area contributed by atoms with Crippen molar-refractivity contribution in [3.63, 3.8) is 0 Å². The van der Waals surface area contributed by atoms with Gasteiger partial charge in [0.15, 0.2) is 5.71 Å². The summed E-state index contributed by atoms with van der Waals surface area (Å²) in [5.74, 6) is -5.63. The number of fused-ring (bicyclic) bond motifs is 2. The van der Waals surface area contributed by atoms with Gasteiger partial charge in [0.05, 0.1) is 38.4 Å². The van der Waals surface area contributed by atoms with Crippen LogP contribution in [0, 0.1) is 11.3 Å². The van der Waals surface area contributed by atoms with Crippen LogP contribution in [0.4, 0.5) is 11.4 Å². The molecule has 2 aliphatic heterocycles. The van der Waals surface area contributed by atoms with Gasteiger partial charge in [-0.25, -0.2) is 0 Å². The zero-order valence-electron chi connectivity index (χ0n) is 41.5. The van der Waals surface area contributed by atoms with Crippen LogP contribution in [0.1, 0.15) is 96.6 Å². The number of hydrogen-bond acceptors (Lipinski definition) is 15. The van der Waals surface area contributed by atoms with E-state index in [1.54, 1.807) is 55.4 Å². The molecule has 0 aromatic heterocycles. The molecule has 0 bridgehead atoms. The molecule has 412 valence electrons. The Morgan fingerprint density at radius 3 is 1.80 bits per heavy atom. The Morgan fingerprint density at radius 1 is 0.680 bits per heavy atom. The molecule has 2 heterocycles. The predicted octanol–water partition coefficient (Wildman–Crippen LogP) is 3.27. The lowest BCUT2D eigenvalue weighted by atomic mass is 9.69. The van der Waals surface area contributed by atoms with Gasteiger partial charge in [0.25, 0.3) is 50.6 Å². The third kappa shape index (κ3) is 13.9. The zero-order chi connectivity index (χ0) is 55.9. The van der Waals surface area contributed by atoms with E-state index >= 15 is 0 Å². The molecule has 2 aromatic carbocycles. The van der Waals surface area contributed by atoms with Crippen LogP contribution in [0.25, 0.3) is 0 Å². The maximum absolute atomic E-state index is 14.8. The van der Waals surface area contributed by atoms with Crippen molar-refractivity contribution in [3.05, 3.63) is 82.6 Å². The van der Waals surface area contributed by atoms with E-state index in [1.165, 1.54) is 30.3 Å². The highest BCUT2D eigenvalue weighted by molar-refractivity contribution is 7.86. The number of nitrogens with zero attached hydrogens (tertiary/aromatic N) is 2. The molecule has 2 aliphatic carbocycles. The molecule has 4 aliphatic rings. The Morgan fingerprint density at radius 2 is 1.23 bits per heavy atom. The Bertz CT molecular complexity index is 3400. The minimum atomic E-state index is -4.70. The number of allylic oxidation sites excluding steroid dienone is 6. The van der Waals surface area contributed by atoms with E-state index < -0.39 is 118 Å². The van der Waals surface area contributed by atoms with Gasteiger partial charge in [-0.15, -0.1) is 0 Å². The predicted molar refractivity (Wildman–Crippen MR) is 273 cm³/mol. The number of amides is 2. The quantitative estimate of drug-likeness (QED) is 0.0505. The molecule has 6 rings (SSSR count). The van der Waals surface area contributed by atoms with Gasteiger partial charge in [-0.3, -0.25) is 41.9 Å². The molecule has 0 radical (unpaired) electrons. The lowest BCUT2D eigenvalue weighted by Crippen LogP contribution is -2.53. The van der Waals surface area contributed by atoms with Crippen LogP contribution >= 0.6 is 0 Å². The van der Waals surface area contributed by atoms with E-state index in [4.69, 9.17) is 0 Å². The average molecular weight is 1150 g/mol. The van der Waals surface area contributed by atoms with Crippen molar-refractivity contribution in [1.29, 1.82) is 0 Å². The van der Waals surface area contributed by atoms with Crippen molar-refractivity contribution < 1.29 is 88.6 Å². The number of nitrogens with one attached hydrogen (secondary N) is 2. The van der Waals surface area contributed by atoms with Crippen LogP contribution in [-0.4, -0.2) is 142 Å². The zero-order valence-corrected chi connectivity index (χ0v) is 45.6. The number of rotatable bonds is 22. The first-order valence-electron chi connectivity index (χ1n) is 23.7. The Balaban J connectivity index is 1.50. The van der Waals surface area contributed by atoms with Crippen molar-refractivity contribution in [2.75, 3.05) is 48.3 Å². The van der Waals surface area contributed by atoms with Crippen molar-refractivity contribution in [2.24, 2.45) is 11.3 Å². The third-order valence-corrected chi connectivity index (χ3v) is 18.2. The summed E-state index contributed by atoms with van der Waals surface area (Å²) in [4.78, 5) is 55.4. The molecule has 0 spiro atoms. The largest absolute Gasteiger partial charge is 0.355 e. The summed E-state index contributed by atoms with van der Waals surface area (Å²) in [6.07, 6.45) is 4.16. The van der Waals surface area contributed by atoms with Gasteiger partial charge in [-0.1, -0.05) is 31.6 Å². The normalized spacial score (nSPS) is 21.2. The van der Waals surface area contributed by atoms with Gasteiger partial charge in [-0.2, -0.15) is 46.7 Å². The van der Waals surface area contributed by atoms with Crippen LogP contribution in [0.15, 0.2) is 81.3 Å². The summed E-state index contributed by atoms with van der Waals surface area (Å²) in [5.41, 5.74) is -0.650. The molecule has 1 saturated carbocycles. The van der Waals surface area contributed by atoms with Gasteiger partial charge in [0, 0.05) is 73.7 Å². The number of anilines is 1. The van der Waals surface area contributed by atoms with E-state index in [1.807, 2.05) is 0 Å². The van der Waals surface area contributed by atoms with Crippen molar-refractivity contribution in [3.8, 4) is 0 Å².